The van der Waals surface area contributed by atoms with Crippen LogP contribution in [0.4, 0.5) is 5.82 Å². The Hall–Kier alpha value is -3.85. The number of hydrogen-bond acceptors (Lipinski definition) is 7. The van der Waals surface area contributed by atoms with Gasteiger partial charge in [0, 0.05) is 12.1 Å². The Bertz CT molecular complexity index is 1470. The maximum Gasteiger partial charge on any atom is 0.280 e. The van der Waals surface area contributed by atoms with Gasteiger partial charge in [-0.05, 0) is 30.5 Å². The fourth-order valence-electron chi connectivity index (χ4n) is 4.61. The van der Waals surface area contributed by atoms with Crippen LogP contribution in [-0.4, -0.2) is 30.6 Å². The fourth-order valence-corrected chi connectivity index (χ4v) is 5.49. The van der Waals surface area contributed by atoms with Gasteiger partial charge in [-0.25, -0.2) is 19.6 Å². The zero-order valence-corrected chi connectivity index (χ0v) is 19.3. The van der Waals surface area contributed by atoms with Crippen LogP contribution in [0.5, 0.6) is 0 Å². The number of anilines is 1. The van der Waals surface area contributed by atoms with Gasteiger partial charge in [0.25, 0.3) is 5.91 Å². The number of para-hydroxylation sites is 1. The molecule has 3 heterocycles. The number of carbonyl (C=O) groups is 1. The van der Waals surface area contributed by atoms with Crippen LogP contribution in [0.25, 0.3) is 32.5 Å². The predicted octanol–water partition coefficient (Wildman–Crippen LogP) is 4.73. The van der Waals surface area contributed by atoms with Gasteiger partial charge in [-0.15, -0.1) is 11.3 Å². The summed E-state index contributed by atoms with van der Waals surface area (Å²) in [6.07, 6.45) is 6.13. The van der Waals surface area contributed by atoms with Crippen LogP contribution in [0.15, 0.2) is 54.9 Å². The number of nitrogens with one attached hydrogen (secondary N) is 1. The van der Waals surface area contributed by atoms with Gasteiger partial charge in [-0.3, -0.25) is 4.79 Å². The third kappa shape index (κ3) is 3.67. The number of nitrogens with two attached hydrogens (primary N) is 1. The lowest BCUT2D eigenvalue weighted by Gasteiger charge is -2.10. The summed E-state index contributed by atoms with van der Waals surface area (Å²) in [5.41, 5.74) is 10.6. The van der Waals surface area contributed by atoms with Gasteiger partial charge in [0.15, 0.2) is 10.7 Å². The van der Waals surface area contributed by atoms with Crippen LogP contribution in [0.2, 0.25) is 0 Å². The lowest BCUT2D eigenvalue weighted by atomic mass is 10.1. The van der Waals surface area contributed by atoms with Crippen molar-refractivity contribution in [2.45, 2.75) is 38.3 Å². The molecule has 0 bridgehead atoms. The standard InChI is InChI=1S/C25H23N7OS/c26-22-20-21(31-32(17-5-1-2-6-17)23(20)29-14-28-22)16-11-9-15(10-12-16)13-27-24(33)25-30-18-7-3-4-8-19(18)34-25/h3-4,7-12,14,17H,1-2,5-6,13H2,(H,27,33)(H2,26,28,29). The van der Waals surface area contributed by atoms with E-state index in [-0.39, 0.29) is 5.91 Å². The zero-order valence-electron chi connectivity index (χ0n) is 18.4. The number of benzene rings is 2. The molecule has 1 aliphatic rings. The molecule has 34 heavy (non-hydrogen) atoms. The number of amides is 1. The highest BCUT2D eigenvalue weighted by molar-refractivity contribution is 7.20. The Labute approximate surface area is 199 Å². The molecule has 1 fully saturated rings. The summed E-state index contributed by atoms with van der Waals surface area (Å²) in [6, 6.07) is 16.1. The molecule has 1 saturated carbocycles. The SMILES string of the molecule is Nc1ncnc2c1c(-c1ccc(CNC(=O)c3nc4ccccc4s3)cc1)nn2C1CCCC1. The molecule has 0 saturated heterocycles. The highest BCUT2D eigenvalue weighted by atomic mass is 32.1. The van der Waals surface area contributed by atoms with Crippen LogP contribution in [0.3, 0.4) is 0 Å². The third-order valence-corrected chi connectivity index (χ3v) is 7.39. The summed E-state index contributed by atoms with van der Waals surface area (Å²) < 4.78 is 3.03. The summed E-state index contributed by atoms with van der Waals surface area (Å²) in [5.74, 6) is 0.271. The van der Waals surface area contributed by atoms with Gasteiger partial charge in [-0.2, -0.15) is 5.10 Å². The number of nitrogen functional groups attached to an aromatic ring is 1. The zero-order chi connectivity index (χ0) is 23.1. The number of carbonyl (C=O) groups excluding carboxylic acids is 1. The van der Waals surface area contributed by atoms with E-state index < -0.39 is 0 Å². The number of hydrogen-bond donors (Lipinski definition) is 2. The van der Waals surface area contributed by atoms with Crippen molar-refractivity contribution >= 4 is 44.3 Å². The van der Waals surface area contributed by atoms with Crippen molar-refractivity contribution in [1.29, 1.82) is 0 Å². The summed E-state index contributed by atoms with van der Waals surface area (Å²) in [7, 11) is 0. The van der Waals surface area contributed by atoms with E-state index in [1.165, 1.54) is 30.5 Å². The van der Waals surface area contributed by atoms with Gasteiger partial charge in [0.1, 0.15) is 17.8 Å². The van der Waals surface area contributed by atoms with E-state index in [2.05, 4.69) is 20.3 Å². The molecule has 8 nitrogen and oxygen atoms in total. The second-order valence-corrected chi connectivity index (χ2v) is 9.59. The van der Waals surface area contributed by atoms with Crippen molar-refractivity contribution < 1.29 is 4.79 Å². The molecule has 5 aromatic rings. The quantitative estimate of drug-likeness (QED) is 0.385. The minimum Gasteiger partial charge on any atom is -0.383 e. The first-order valence-corrected chi connectivity index (χ1v) is 12.2. The minimum absolute atomic E-state index is 0.170. The Morgan fingerprint density at radius 2 is 1.88 bits per heavy atom. The molecule has 3 aromatic heterocycles. The summed E-state index contributed by atoms with van der Waals surface area (Å²) in [5, 5.41) is 9.16. The molecule has 0 aliphatic heterocycles. The molecule has 0 spiro atoms. The van der Waals surface area contributed by atoms with E-state index >= 15 is 0 Å². The Morgan fingerprint density at radius 1 is 1.09 bits per heavy atom. The second kappa shape index (κ2) is 8.49. The van der Waals surface area contributed by atoms with Crippen molar-refractivity contribution in [2.75, 3.05) is 5.73 Å². The molecule has 6 rings (SSSR count). The molecule has 3 N–H and O–H groups in total. The monoisotopic (exact) mass is 469 g/mol. The van der Waals surface area contributed by atoms with Gasteiger partial charge >= 0.3 is 0 Å². The van der Waals surface area contributed by atoms with Crippen molar-refractivity contribution in [1.82, 2.24) is 30.0 Å². The highest BCUT2D eigenvalue weighted by Gasteiger charge is 2.24. The largest absolute Gasteiger partial charge is 0.383 e. The molecule has 1 aliphatic carbocycles. The molecule has 0 unspecified atom stereocenters. The Kier molecular flexibility index (Phi) is 5.18. The first-order chi connectivity index (χ1) is 16.7. The van der Waals surface area contributed by atoms with E-state index in [9.17, 15) is 4.79 Å². The Morgan fingerprint density at radius 3 is 2.68 bits per heavy atom. The summed E-state index contributed by atoms with van der Waals surface area (Å²) in [4.78, 5) is 25.7. The molecule has 2 aromatic carbocycles. The summed E-state index contributed by atoms with van der Waals surface area (Å²) in [6.45, 7) is 0.414. The van der Waals surface area contributed by atoms with Gasteiger partial charge in [-0.1, -0.05) is 49.2 Å². The number of thiazole rings is 1. The first kappa shape index (κ1) is 20.7. The molecular weight excluding hydrogens is 446 g/mol. The average molecular weight is 470 g/mol. The summed E-state index contributed by atoms with van der Waals surface area (Å²) >= 11 is 1.40. The van der Waals surface area contributed by atoms with E-state index in [0.717, 1.165) is 50.9 Å². The van der Waals surface area contributed by atoms with Crippen molar-refractivity contribution in [3.05, 3.63) is 65.4 Å². The topological polar surface area (TPSA) is 112 Å². The average Bonchev–Trinajstić information content (AvgIpc) is 3.61. The molecular formula is C25H23N7OS. The Balaban J connectivity index is 1.23. The van der Waals surface area contributed by atoms with Crippen LogP contribution in [0.1, 0.15) is 47.1 Å². The van der Waals surface area contributed by atoms with Crippen molar-refractivity contribution in [3.8, 4) is 11.3 Å². The highest BCUT2D eigenvalue weighted by Crippen LogP contribution is 2.36. The fraction of sp³-hybridized carbons (Fsp3) is 0.240. The van der Waals surface area contributed by atoms with E-state index in [1.54, 1.807) is 0 Å². The molecule has 0 radical (unpaired) electrons. The van der Waals surface area contributed by atoms with Crippen molar-refractivity contribution in [3.63, 3.8) is 0 Å². The predicted molar refractivity (Wildman–Crippen MR) is 133 cm³/mol. The maximum absolute atomic E-state index is 12.6. The minimum atomic E-state index is -0.170. The van der Waals surface area contributed by atoms with Gasteiger partial charge < -0.3 is 11.1 Å². The smallest absolute Gasteiger partial charge is 0.280 e. The number of fused-ring (bicyclic) bond motifs is 2. The van der Waals surface area contributed by atoms with E-state index in [1.807, 2.05) is 53.2 Å². The molecule has 170 valence electrons. The maximum atomic E-state index is 12.6. The van der Waals surface area contributed by atoms with Crippen molar-refractivity contribution in [2.24, 2.45) is 0 Å². The molecule has 9 heteroatoms. The first-order valence-electron chi connectivity index (χ1n) is 11.4. The lowest BCUT2D eigenvalue weighted by molar-refractivity contribution is 0.0950. The van der Waals surface area contributed by atoms with Crippen LogP contribution in [-0.2, 0) is 6.54 Å². The van der Waals surface area contributed by atoms with Crippen LogP contribution >= 0.6 is 11.3 Å². The van der Waals surface area contributed by atoms with Crippen LogP contribution < -0.4 is 11.1 Å². The number of rotatable bonds is 5. The van der Waals surface area contributed by atoms with Crippen LogP contribution in [0, 0.1) is 0 Å². The number of nitrogens with zero attached hydrogens (tertiary/aromatic N) is 5. The normalized spacial score (nSPS) is 14.2. The van der Waals surface area contributed by atoms with E-state index in [4.69, 9.17) is 10.8 Å². The van der Waals surface area contributed by atoms with Gasteiger partial charge in [0.05, 0.1) is 21.6 Å². The number of aromatic nitrogens is 5. The van der Waals surface area contributed by atoms with Gasteiger partial charge in [0.2, 0.25) is 0 Å². The lowest BCUT2D eigenvalue weighted by Crippen LogP contribution is -2.22. The third-order valence-electron chi connectivity index (χ3n) is 6.36. The molecule has 1 amide bonds. The second-order valence-electron chi connectivity index (χ2n) is 8.56. The van der Waals surface area contributed by atoms with E-state index in [0.29, 0.717) is 23.4 Å². The molecule has 0 atom stereocenters.